The van der Waals surface area contributed by atoms with E-state index in [2.05, 4.69) is 4.90 Å². The van der Waals surface area contributed by atoms with Gasteiger partial charge >= 0.3 is 5.97 Å². The summed E-state index contributed by atoms with van der Waals surface area (Å²) in [5, 5.41) is 0. The highest BCUT2D eigenvalue weighted by Gasteiger charge is 2.23. The van der Waals surface area contributed by atoms with Crippen molar-refractivity contribution < 1.29 is 9.53 Å². The fraction of sp³-hybridized carbons (Fsp3) is 0.900. The minimum atomic E-state index is -0.0793. The zero-order valence-electron chi connectivity index (χ0n) is 8.58. The Kier molecular flexibility index (Phi) is 4.22. The molecule has 13 heavy (non-hydrogen) atoms. The van der Waals surface area contributed by atoms with Gasteiger partial charge in [-0.25, -0.2) is 0 Å². The van der Waals surface area contributed by atoms with Gasteiger partial charge in [0.25, 0.3) is 0 Å². The Morgan fingerprint density at radius 3 is 2.54 bits per heavy atom. The van der Waals surface area contributed by atoms with E-state index in [1.54, 1.807) is 0 Å². The van der Waals surface area contributed by atoms with Crippen LogP contribution in [0.15, 0.2) is 0 Å². The van der Waals surface area contributed by atoms with Crippen LogP contribution in [-0.4, -0.2) is 36.6 Å². The summed E-state index contributed by atoms with van der Waals surface area (Å²) in [4.78, 5) is 13.6. The molecule has 0 aliphatic carbocycles. The molecule has 0 aromatic rings. The van der Waals surface area contributed by atoms with Crippen LogP contribution in [0.25, 0.3) is 0 Å². The van der Waals surface area contributed by atoms with Crippen LogP contribution < -0.4 is 0 Å². The first kappa shape index (κ1) is 10.5. The van der Waals surface area contributed by atoms with Gasteiger partial charge in [0.2, 0.25) is 0 Å². The van der Waals surface area contributed by atoms with Gasteiger partial charge in [-0.3, -0.25) is 9.69 Å². The smallest absolute Gasteiger partial charge is 0.323 e. The molecule has 76 valence electrons. The van der Waals surface area contributed by atoms with Crippen molar-refractivity contribution in [3.8, 4) is 0 Å². The standard InChI is InChI=1S/C10H19NO2/c1-3-13-10(12)9(2)11-7-5-4-6-8-11/h9H,3-8H2,1-2H3/t9-/m0/s1. The predicted octanol–water partition coefficient (Wildman–Crippen LogP) is 1.42. The van der Waals surface area contributed by atoms with Gasteiger partial charge in [0, 0.05) is 0 Å². The first-order valence-corrected chi connectivity index (χ1v) is 5.16. The molecule has 0 bridgehead atoms. The number of rotatable bonds is 3. The van der Waals surface area contributed by atoms with Crippen LogP contribution >= 0.6 is 0 Å². The van der Waals surface area contributed by atoms with Crippen LogP contribution in [0.5, 0.6) is 0 Å². The molecule has 0 radical (unpaired) electrons. The molecule has 0 saturated carbocycles. The second-order valence-electron chi connectivity index (χ2n) is 3.52. The monoisotopic (exact) mass is 185 g/mol. The Balaban J connectivity index is 2.35. The summed E-state index contributed by atoms with van der Waals surface area (Å²) in [6, 6.07) is -0.0553. The van der Waals surface area contributed by atoms with Crippen LogP contribution in [0.1, 0.15) is 33.1 Å². The summed E-state index contributed by atoms with van der Waals surface area (Å²) in [5.41, 5.74) is 0. The molecule has 0 spiro atoms. The number of hydrogen-bond donors (Lipinski definition) is 0. The van der Waals surface area contributed by atoms with Gasteiger partial charge in [0.05, 0.1) is 6.61 Å². The molecule has 1 fully saturated rings. The lowest BCUT2D eigenvalue weighted by molar-refractivity contribution is -0.149. The Morgan fingerprint density at radius 2 is 2.00 bits per heavy atom. The molecule has 1 atom stereocenters. The number of likely N-dealkylation sites (tertiary alicyclic amines) is 1. The van der Waals surface area contributed by atoms with Crippen molar-refractivity contribution in [2.45, 2.75) is 39.2 Å². The van der Waals surface area contributed by atoms with E-state index in [0.717, 1.165) is 13.1 Å². The molecule has 1 aliphatic rings. The third-order valence-corrected chi connectivity index (χ3v) is 2.57. The van der Waals surface area contributed by atoms with E-state index >= 15 is 0 Å². The zero-order valence-corrected chi connectivity index (χ0v) is 8.58. The Morgan fingerprint density at radius 1 is 1.38 bits per heavy atom. The lowest BCUT2D eigenvalue weighted by atomic mass is 10.1. The maximum atomic E-state index is 11.4. The number of hydrogen-bond acceptors (Lipinski definition) is 3. The molecule has 3 heteroatoms. The topological polar surface area (TPSA) is 29.5 Å². The van der Waals surface area contributed by atoms with Gasteiger partial charge in [-0.2, -0.15) is 0 Å². The van der Waals surface area contributed by atoms with Gasteiger partial charge in [0.15, 0.2) is 0 Å². The van der Waals surface area contributed by atoms with E-state index in [1.807, 2.05) is 13.8 Å². The van der Waals surface area contributed by atoms with Crippen molar-refractivity contribution in [1.82, 2.24) is 4.90 Å². The number of carbonyl (C=O) groups excluding carboxylic acids is 1. The molecule has 1 rings (SSSR count). The number of piperidine rings is 1. The molecule has 1 saturated heterocycles. The van der Waals surface area contributed by atoms with Crippen molar-refractivity contribution in [2.75, 3.05) is 19.7 Å². The first-order valence-electron chi connectivity index (χ1n) is 5.16. The molecule has 0 aromatic heterocycles. The molecule has 3 nitrogen and oxygen atoms in total. The van der Waals surface area contributed by atoms with Gasteiger partial charge in [-0.1, -0.05) is 6.42 Å². The number of nitrogens with zero attached hydrogens (tertiary/aromatic N) is 1. The van der Waals surface area contributed by atoms with Crippen LogP contribution in [0.3, 0.4) is 0 Å². The summed E-state index contributed by atoms with van der Waals surface area (Å²) in [7, 11) is 0. The van der Waals surface area contributed by atoms with E-state index in [9.17, 15) is 4.79 Å². The van der Waals surface area contributed by atoms with Crippen LogP contribution in [-0.2, 0) is 9.53 Å². The normalized spacial score (nSPS) is 21.1. The Bertz CT molecular complexity index is 164. The van der Waals surface area contributed by atoms with E-state index in [4.69, 9.17) is 4.74 Å². The highest BCUT2D eigenvalue weighted by molar-refractivity contribution is 5.75. The van der Waals surface area contributed by atoms with Crippen molar-refractivity contribution in [3.63, 3.8) is 0 Å². The maximum Gasteiger partial charge on any atom is 0.323 e. The van der Waals surface area contributed by atoms with Crippen LogP contribution in [0.4, 0.5) is 0 Å². The Hall–Kier alpha value is -0.570. The Labute approximate surface area is 80.1 Å². The van der Waals surface area contributed by atoms with E-state index in [-0.39, 0.29) is 12.0 Å². The minimum absolute atomic E-state index is 0.0553. The summed E-state index contributed by atoms with van der Waals surface area (Å²) in [6.07, 6.45) is 3.72. The molecular formula is C10H19NO2. The summed E-state index contributed by atoms with van der Waals surface area (Å²) in [5.74, 6) is -0.0793. The van der Waals surface area contributed by atoms with Crippen LogP contribution in [0, 0.1) is 0 Å². The van der Waals surface area contributed by atoms with Gasteiger partial charge in [0.1, 0.15) is 6.04 Å². The highest BCUT2D eigenvalue weighted by atomic mass is 16.5. The number of esters is 1. The van der Waals surface area contributed by atoms with E-state index < -0.39 is 0 Å². The van der Waals surface area contributed by atoms with Gasteiger partial charge < -0.3 is 4.74 Å². The lowest BCUT2D eigenvalue weighted by Crippen LogP contribution is -2.42. The molecule has 0 unspecified atom stereocenters. The largest absolute Gasteiger partial charge is 0.465 e. The lowest BCUT2D eigenvalue weighted by Gasteiger charge is -2.30. The average molecular weight is 185 g/mol. The molecule has 1 aliphatic heterocycles. The molecule has 0 amide bonds. The molecular weight excluding hydrogens is 166 g/mol. The average Bonchev–Trinajstić information content (AvgIpc) is 2.18. The fourth-order valence-electron chi connectivity index (χ4n) is 1.72. The first-order chi connectivity index (χ1) is 6.25. The fourth-order valence-corrected chi connectivity index (χ4v) is 1.72. The molecule has 0 aromatic carbocycles. The van der Waals surface area contributed by atoms with E-state index in [0.29, 0.717) is 6.61 Å². The summed E-state index contributed by atoms with van der Waals surface area (Å²) >= 11 is 0. The van der Waals surface area contributed by atoms with Gasteiger partial charge in [-0.15, -0.1) is 0 Å². The maximum absolute atomic E-state index is 11.4. The summed E-state index contributed by atoms with van der Waals surface area (Å²) in [6.45, 7) is 6.35. The molecule has 0 N–H and O–H groups in total. The zero-order chi connectivity index (χ0) is 9.68. The van der Waals surface area contributed by atoms with Gasteiger partial charge in [-0.05, 0) is 39.8 Å². The molecule has 1 heterocycles. The van der Waals surface area contributed by atoms with Crippen molar-refractivity contribution in [1.29, 1.82) is 0 Å². The summed E-state index contributed by atoms with van der Waals surface area (Å²) < 4.78 is 4.98. The van der Waals surface area contributed by atoms with Crippen molar-refractivity contribution >= 4 is 5.97 Å². The second kappa shape index (κ2) is 5.22. The number of carbonyl (C=O) groups is 1. The quantitative estimate of drug-likeness (QED) is 0.623. The van der Waals surface area contributed by atoms with Crippen LogP contribution in [0.2, 0.25) is 0 Å². The highest BCUT2D eigenvalue weighted by Crippen LogP contribution is 2.12. The van der Waals surface area contributed by atoms with E-state index in [1.165, 1.54) is 19.3 Å². The third kappa shape index (κ3) is 2.99. The van der Waals surface area contributed by atoms with Crippen molar-refractivity contribution in [3.05, 3.63) is 0 Å². The minimum Gasteiger partial charge on any atom is -0.465 e. The SMILES string of the molecule is CCOC(=O)[C@H](C)N1CCCCC1. The number of ether oxygens (including phenoxy) is 1. The second-order valence-corrected chi connectivity index (χ2v) is 3.52. The third-order valence-electron chi connectivity index (χ3n) is 2.57. The predicted molar refractivity (Wildman–Crippen MR) is 51.5 cm³/mol. The van der Waals surface area contributed by atoms with Crippen molar-refractivity contribution in [2.24, 2.45) is 0 Å².